The minimum atomic E-state index is 1.06. The van der Waals surface area contributed by atoms with Crippen LogP contribution in [0.4, 0.5) is 11.4 Å². The first-order valence-corrected chi connectivity index (χ1v) is 7.24. The quantitative estimate of drug-likeness (QED) is 0.780. The molecule has 19 heavy (non-hydrogen) atoms. The Kier molecular flexibility index (Phi) is 4.62. The molecule has 0 spiro atoms. The van der Waals surface area contributed by atoms with Gasteiger partial charge in [-0.15, -0.1) is 0 Å². The molecule has 1 nitrogen and oxygen atoms in total. The SMILES string of the molecule is CCc1cccc(Nc2cc(CC)ccc2CC)c1. The Bertz CT molecular complexity index is 543. The maximum atomic E-state index is 3.57. The van der Waals surface area contributed by atoms with Gasteiger partial charge in [0.1, 0.15) is 0 Å². The molecule has 0 atom stereocenters. The van der Waals surface area contributed by atoms with E-state index in [1.54, 1.807) is 0 Å². The van der Waals surface area contributed by atoms with Gasteiger partial charge in [-0.05, 0) is 54.2 Å². The summed E-state index contributed by atoms with van der Waals surface area (Å²) >= 11 is 0. The van der Waals surface area contributed by atoms with Crippen LogP contribution in [0.5, 0.6) is 0 Å². The number of benzene rings is 2. The predicted molar refractivity (Wildman–Crippen MR) is 84.3 cm³/mol. The van der Waals surface area contributed by atoms with Gasteiger partial charge in [-0.25, -0.2) is 0 Å². The molecule has 1 N–H and O–H groups in total. The Morgan fingerprint density at radius 1 is 0.789 bits per heavy atom. The van der Waals surface area contributed by atoms with Crippen LogP contribution in [0.2, 0.25) is 0 Å². The summed E-state index contributed by atoms with van der Waals surface area (Å²) in [5.41, 5.74) is 6.55. The zero-order valence-electron chi connectivity index (χ0n) is 12.2. The van der Waals surface area contributed by atoms with Crippen LogP contribution >= 0.6 is 0 Å². The van der Waals surface area contributed by atoms with E-state index in [4.69, 9.17) is 0 Å². The van der Waals surface area contributed by atoms with Crippen LogP contribution < -0.4 is 5.32 Å². The number of hydrogen-bond donors (Lipinski definition) is 1. The summed E-state index contributed by atoms with van der Waals surface area (Å²) in [6.07, 6.45) is 3.21. The summed E-state index contributed by atoms with van der Waals surface area (Å²) in [6, 6.07) is 15.4. The molecular weight excluding hydrogens is 230 g/mol. The Labute approximate surface area is 116 Å². The minimum absolute atomic E-state index is 1.06. The molecule has 0 unspecified atom stereocenters. The molecule has 0 saturated carbocycles. The molecule has 0 fully saturated rings. The molecule has 0 heterocycles. The van der Waals surface area contributed by atoms with Crippen LogP contribution in [0.25, 0.3) is 0 Å². The lowest BCUT2D eigenvalue weighted by atomic mass is 10.0. The largest absolute Gasteiger partial charge is 0.355 e. The Balaban J connectivity index is 2.30. The molecule has 0 amide bonds. The summed E-state index contributed by atoms with van der Waals surface area (Å²) in [4.78, 5) is 0. The second-order valence-corrected chi connectivity index (χ2v) is 4.88. The van der Waals surface area contributed by atoms with Gasteiger partial charge in [0.2, 0.25) is 0 Å². The molecule has 0 radical (unpaired) electrons. The second kappa shape index (κ2) is 6.42. The summed E-state index contributed by atoms with van der Waals surface area (Å²) < 4.78 is 0. The predicted octanol–water partition coefficient (Wildman–Crippen LogP) is 5.12. The summed E-state index contributed by atoms with van der Waals surface area (Å²) in [5, 5.41) is 3.57. The zero-order chi connectivity index (χ0) is 13.7. The van der Waals surface area contributed by atoms with Crippen molar-refractivity contribution in [1.29, 1.82) is 0 Å². The molecule has 2 aromatic rings. The lowest BCUT2D eigenvalue weighted by Crippen LogP contribution is -1.97. The third-order valence-corrected chi connectivity index (χ3v) is 3.58. The number of anilines is 2. The van der Waals surface area contributed by atoms with Gasteiger partial charge in [-0.1, -0.05) is 45.0 Å². The molecule has 2 aromatic carbocycles. The molecule has 0 aliphatic carbocycles. The van der Waals surface area contributed by atoms with Crippen molar-refractivity contribution in [1.82, 2.24) is 0 Å². The van der Waals surface area contributed by atoms with Gasteiger partial charge < -0.3 is 5.32 Å². The highest BCUT2D eigenvalue weighted by molar-refractivity contribution is 5.64. The highest BCUT2D eigenvalue weighted by Crippen LogP contribution is 2.24. The maximum absolute atomic E-state index is 3.57. The van der Waals surface area contributed by atoms with Crippen molar-refractivity contribution in [2.24, 2.45) is 0 Å². The van der Waals surface area contributed by atoms with Crippen LogP contribution in [0.1, 0.15) is 37.5 Å². The van der Waals surface area contributed by atoms with Gasteiger partial charge in [0.15, 0.2) is 0 Å². The van der Waals surface area contributed by atoms with E-state index in [2.05, 4.69) is 68.6 Å². The Morgan fingerprint density at radius 2 is 1.53 bits per heavy atom. The van der Waals surface area contributed by atoms with E-state index in [9.17, 15) is 0 Å². The molecule has 2 rings (SSSR count). The highest BCUT2D eigenvalue weighted by Gasteiger charge is 2.03. The topological polar surface area (TPSA) is 12.0 Å². The van der Waals surface area contributed by atoms with Crippen molar-refractivity contribution < 1.29 is 0 Å². The van der Waals surface area contributed by atoms with Crippen molar-refractivity contribution in [3.05, 3.63) is 59.2 Å². The van der Waals surface area contributed by atoms with Gasteiger partial charge >= 0.3 is 0 Å². The van der Waals surface area contributed by atoms with E-state index in [1.165, 1.54) is 28.1 Å². The fourth-order valence-corrected chi connectivity index (χ4v) is 2.29. The molecule has 1 heteroatoms. The summed E-state index contributed by atoms with van der Waals surface area (Å²) in [7, 11) is 0. The van der Waals surface area contributed by atoms with E-state index < -0.39 is 0 Å². The van der Waals surface area contributed by atoms with Crippen LogP contribution in [0.3, 0.4) is 0 Å². The Hall–Kier alpha value is -1.76. The average Bonchev–Trinajstić information content (AvgIpc) is 2.47. The minimum Gasteiger partial charge on any atom is -0.355 e. The summed E-state index contributed by atoms with van der Waals surface area (Å²) in [5.74, 6) is 0. The average molecular weight is 253 g/mol. The number of nitrogens with one attached hydrogen (secondary N) is 1. The lowest BCUT2D eigenvalue weighted by Gasteiger charge is -2.13. The molecule has 0 aliphatic rings. The van der Waals surface area contributed by atoms with Gasteiger partial charge in [0.05, 0.1) is 0 Å². The van der Waals surface area contributed by atoms with Crippen molar-refractivity contribution in [2.45, 2.75) is 40.0 Å². The van der Waals surface area contributed by atoms with Crippen LogP contribution in [0.15, 0.2) is 42.5 Å². The molecule has 0 bridgehead atoms. The van der Waals surface area contributed by atoms with Crippen molar-refractivity contribution in [3.8, 4) is 0 Å². The molecular formula is C18H23N. The molecule has 100 valence electrons. The summed E-state index contributed by atoms with van der Waals surface area (Å²) in [6.45, 7) is 6.59. The standard InChI is InChI=1S/C18H23N/c1-4-14-8-7-9-17(12-14)19-18-13-15(5-2)10-11-16(18)6-3/h7-13,19H,4-6H2,1-3H3. The van der Waals surface area contributed by atoms with Crippen LogP contribution in [0, 0.1) is 0 Å². The Morgan fingerprint density at radius 3 is 2.21 bits per heavy atom. The fourth-order valence-electron chi connectivity index (χ4n) is 2.29. The maximum Gasteiger partial charge on any atom is 0.0419 e. The van der Waals surface area contributed by atoms with Crippen molar-refractivity contribution >= 4 is 11.4 Å². The van der Waals surface area contributed by atoms with Crippen molar-refractivity contribution in [3.63, 3.8) is 0 Å². The highest BCUT2D eigenvalue weighted by atomic mass is 14.9. The third kappa shape index (κ3) is 3.37. The second-order valence-electron chi connectivity index (χ2n) is 4.88. The van der Waals surface area contributed by atoms with Crippen LogP contribution in [-0.4, -0.2) is 0 Å². The molecule has 0 saturated heterocycles. The van der Waals surface area contributed by atoms with Crippen LogP contribution in [-0.2, 0) is 19.3 Å². The van der Waals surface area contributed by atoms with Gasteiger partial charge in [0.25, 0.3) is 0 Å². The first-order chi connectivity index (χ1) is 9.26. The fraction of sp³-hybridized carbons (Fsp3) is 0.333. The van der Waals surface area contributed by atoms with E-state index in [0.29, 0.717) is 0 Å². The number of aryl methyl sites for hydroxylation is 3. The van der Waals surface area contributed by atoms with Crippen molar-refractivity contribution in [2.75, 3.05) is 5.32 Å². The first-order valence-electron chi connectivity index (χ1n) is 7.24. The van der Waals surface area contributed by atoms with E-state index in [0.717, 1.165) is 19.3 Å². The third-order valence-electron chi connectivity index (χ3n) is 3.58. The lowest BCUT2D eigenvalue weighted by molar-refractivity contribution is 1.10. The van der Waals surface area contributed by atoms with E-state index >= 15 is 0 Å². The van der Waals surface area contributed by atoms with E-state index in [-0.39, 0.29) is 0 Å². The smallest absolute Gasteiger partial charge is 0.0419 e. The normalized spacial score (nSPS) is 10.5. The first kappa shape index (κ1) is 13.7. The zero-order valence-corrected chi connectivity index (χ0v) is 12.2. The van der Waals surface area contributed by atoms with E-state index in [1.807, 2.05) is 0 Å². The molecule has 0 aromatic heterocycles. The molecule has 0 aliphatic heterocycles. The van der Waals surface area contributed by atoms with Gasteiger partial charge in [-0.3, -0.25) is 0 Å². The number of hydrogen-bond acceptors (Lipinski definition) is 1. The number of rotatable bonds is 5. The monoisotopic (exact) mass is 253 g/mol. The van der Waals surface area contributed by atoms with Gasteiger partial charge in [0, 0.05) is 11.4 Å². The van der Waals surface area contributed by atoms with Gasteiger partial charge in [-0.2, -0.15) is 0 Å².